The molecule has 17 heavy (non-hydrogen) atoms. The Hall–Kier alpha value is -1.42. The van der Waals surface area contributed by atoms with Crippen molar-refractivity contribution < 1.29 is 9.53 Å². The van der Waals surface area contributed by atoms with Crippen molar-refractivity contribution in [3.8, 4) is 0 Å². The van der Waals surface area contributed by atoms with E-state index in [2.05, 4.69) is 4.98 Å². The predicted octanol–water partition coefficient (Wildman–Crippen LogP) is 3.39. The minimum atomic E-state index is -0.153. The Kier molecular flexibility index (Phi) is 3.74. The molecular weight excluding hydrogens is 234 g/mol. The smallest absolute Gasteiger partial charge is 0.306 e. The lowest BCUT2D eigenvalue weighted by atomic mass is 10.1. The highest BCUT2D eigenvalue weighted by Crippen LogP contribution is 2.22. The summed E-state index contributed by atoms with van der Waals surface area (Å²) in [7, 11) is 0. The molecule has 0 radical (unpaired) electrons. The second-order valence-electron chi connectivity index (χ2n) is 4.33. The molecule has 2 rings (SSSR count). The molecule has 0 amide bonds. The van der Waals surface area contributed by atoms with Crippen LogP contribution >= 0.6 is 11.3 Å². The summed E-state index contributed by atoms with van der Waals surface area (Å²) in [6, 6.07) is 7.92. The van der Waals surface area contributed by atoms with Crippen LogP contribution < -0.4 is 0 Å². The number of ether oxygens (including phenoxy) is 1. The summed E-state index contributed by atoms with van der Waals surface area (Å²) in [6.07, 6.45) is 0.463. The molecule has 1 aromatic carbocycles. The van der Waals surface area contributed by atoms with Crippen molar-refractivity contribution in [2.75, 3.05) is 0 Å². The fraction of sp³-hybridized carbons (Fsp3) is 0.385. The van der Waals surface area contributed by atoms with Gasteiger partial charge < -0.3 is 4.74 Å². The maximum Gasteiger partial charge on any atom is 0.306 e. The molecule has 4 heteroatoms. The number of hydrogen-bond donors (Lipinski definition) is 0. The normalized spacial score (nSPS) is 11.0. The van der Waals surface area contributed by atoms with Crippen LogP contribution in [0.25, 0.3) is 10.2 Å². The number of fused-ring (bicyclic) bond motifs is 1. The highest BCUT2D eigenvalue weighted by molar-refractivity contribution is 7.18. The topological polar surface area (TPSA) is 39.2 Å². The van der Waals surface area contributed by atoms with E-state index in [0.29, 0.717) is 12.3 Å². The summed E-state index contributed by atoms with van der Waals surface area (Å²) >= 11 is 1.57. The number of rotatable bonds is 4. The first-order valence-corrected chi connectivity index (χ1v) is 6.47. The maximum atomic E-state index is 11.4. The molecule has 0 aliphatic heterocycles. The third-order valence-electron chi connectivity index (χ3n) is 2.27. The summed E-state index contributed by atoms with van der Waals surface area (Å²) in [5, 5.41) is 0.850. The second kappa shape index (κ2) is 5.27. The molecule has 0 spiro atoms. The van der Waals surface area contributed by atoms with Crippen LogP contribution in [-0.4, -0.2) is 11.0 Å². The Morgan fingerprint density at radius 3 is 2.88 bits per heavy atom. The van der Waals surface area contributed by atoms with Gasteiger partial charge in [0, 0.05) is 6.42 Å². The number of carbonyl (C=O) groups excluding carboxylic acids is 1. The van der Waals surface area contributed by atoms with E-state index < -0.39 is 0 Å². The average Bonchev–Trinajstić information content (AvgIpc) is 2.68. The Morgan fingerprint density at radius 2 is 2.18 bits per heavy atom. The molecule has 0 N–H and O–H groups in total. The first-order chi connectivity index (χ1) is 8.15. The number of esters is 1. The van der Waals surface area contributed by atoms with Gasteiger partial charge in [-0.15, -0.1) is 11.3 Å². The van der Waals surface area contributed by atoms with Crippen molar-refractivity contribution in [2.24, 2.45) is 5.92 Å². The van der Waals surface area contributed by atoms with E-state index in [1.807, 2.05) is 38.1 Å². The van der Waals surface area contributed by atoms with Crippen LogP contribution in [0.3, 0.4) is 0 Å². The first-order valence-electron chi connectivity index (χ1n) is 5.65. The standard InChI is InChI=1S/C13H15NO2S/c1-9(2)7-13(15)16-8-12-14-10-5-3-4-6-11(10)17-12/h3-6,9H,7-8H2,1-2H3. The van der Waals surface area contributed by atoms with Crippen molar-refractivity contribution in [1.82, 2.24) is 4.98 Å². The zero-order valence-corrected chi connectivity index (χ0v) is 10.8. The maximum absolute atomic E-state index is 11.4. The van der Waals surface area contributed by atoms with Gasteiger partial charge in [-0.25, -0.2) is 4.98 Å². The van der Waals surface area contributed by atoms with Gasteiger partial charge in [-0.2, -0.15) is 0 Å². The van der Waals surface area contributed by atoms with Crippen LogP contribution in [-0.2, 0) is 16.1 Å². The zero-order chi connectivity index (χ0) is 12.3. The number of carbonyl (C=O) groups is 1. The van der Waals surface area contributed by atoms with Crippen molar-refractivity contribution in [3.05, 3.63) is 29.3 Å². The van der Waals surface area contributed by atoms with Gasteiger partial charge in [-0.05, 0) is 18.1 Å². The Balaban J connectivity index is 1.97. The Labute approximate surface area is 104 Å². The van der Waals surface area contributed by atoms with E-state index in [0.717, 1.165) is 15.2 Å². The molecule has 1 heterocycles. The molecule has 0 saturated carbocycles. The number of thiazole rings is 1. The third kappa shape index (κ3) is 3.27. The molecule has 0 atom stereocenters. The third-order valence-corrected chi connectivity index (χ3v) is 3.28. The molecule has 0 fully saturated rings. The molecule has 0 aliphatic carbocycles. The summed E-state index contributed by atoms with van der Waals surface area (Å²) in [4.78, 5) is 15.8. The molecule has 0 saturated heterocycles. The number of hydrogen-bond acceptors (Lipinski definition) is 4. The van der Waals surface area contributed by atoms with Crippen LogP contribution in [0.2, 0.25) is 0 Å². The summed E-state index contributed by atoms with van der Waals surface area (Å²) in [5.74, 6) is 0.178. The minimum Gasteiger partial charge on any atom is -0.458 e. The molecule has 0 aliphatic rings. The van der Waals surface area contributed by atoms with Crippen LogP contribution in [0.15, 0.2) is 24.3 Å². The number of aromatic nitrogens is 1. The average molecular weight is 249 g/mol. The molecule has 90 valence electrons. The van der Waals surface area contributed by atoms with Crippen molar-refractivity contribution >= 4 is 27.5 Å². The molecule has 3 nitrogen and oxygen atoms in total. The summed E-state index contributed by atoms with van der Waals surface area (Å²) in [6.45, 7) is 4.28. The van der Waals surface area contributed by atoms with Gasteiger partial charge in [0.2, 0.25) is 0 Å². The van der Waals surface area contributed by atoms with Crippen LogP contribution in [0.4, 0.5) is 0 Å². The van der Waals surface area contributed by atoms with Gasteiger partial charge in [0.1, 0.15) is 11.6 Å². The lowest BCUT2D eigenvalue weighted by Crippen LogP contribution is -2.07. The number of para-hydroxylation sites is 1. The Bertz CT molecular complexity index is 486. The van der Waals surface area contributed by atoms with E-state index in [-0.39, 0.29) is 12.6 Å². The van der Waals surface area contributed by atoms with Gasteiger partial charge in [0.15, 0.2) is 0 Å². The molecule has 0 unspecified atom stereocenters. The quantitative estimate of drug-likeness (QED) is 0.780. The van der Waals surface area contributed by atoms with Gasteiger partial charge in [-0.1, -0.05) is 26.0 Å². The molecular formula is C13H15NO2S. The van der Waals surface area contributed by atoms with Crippen molar-refractivity contribution in [3.63, 3.8) is 0 Å². The van der Waals surface area contributed by atoms with Crippen molar-refractivity contribution in [2.45, 2.75) is 26.9 Å². The highest BCUT2D eigenvalue weighted by atomic mass is 32.1. The van der Waals surface area contributed by atoms with Crippen LogP contribution in [0.1, 0.15) is 25.3 Å². The molecule has 2 aromatic rings. The van der Waals surface area contributed by atoms with Crippen LogP contribution in [0.5, 0.6) is 0 Å². The van der Waals surface area contributed by atoms with Gasteiger partial charge >= 0.3 is 5.97 Å². The first kappa shape index (κ1) is 12.0. The fourth-order valence-electron chi connectivity index (χ4n) is 1.52. The highest BCUT2D eigenvalue weighted by Gasteiger charge is 2.08. The summed E-state index contributed by atoms with van der Waals surface area (Å²) in [5.41, 5.74) is 0.965. The summed E-state index contributed by atoms with van der Waals surface area (Å²) < 4.78 is 6.30. The fourth-order valence-corrected chi connectivity index (χ4v) is 2.40. The lowest BCUT2D eigenvalue weighted by Gasteiger charge is -2.04. The van der Waals surface area contributed by atoms with Gasteiger partial charge in [-0.3, -0.25) is 4.79 Å². The van der Waals surface area contributed by atoms with Crippen molar-refractivity contribution in [1.29, 1.82) is 0 Å². The van der Waals surface area contributed by atoms with Gasteiger partial charge in [0.05, 0.1) is 10.2 Å². The number of benzene rings is 1. The predicted molar refractivity (Wildman–Crippen MR) is 68.9 cm³/mol. The monoisotopic (exact) mass is 249 g/mol. The molecule has 1 aromatic heterocycles. The Morgan fingerprint density at radius 1 is 1.41 bits per heavy atom. The SMILES string of the molecule is CC(C)CC(=O)OCc1nc2ccccc2s1. The largest absolute Gasteiger partial charge is 0.458 e. The van der Waals surface area contributed by atoms with E-state index in [1.54, 1.807) is 11.3 Å². The van der Waals surface area contributed by atoms with E-state index in [9.17, 15) is 4.79 Å². The van der Waals surface area contributed by atoms with Gasteiger partial charge in [0.25, 0.3) is 0 Å². The number of nitrogens with zero attached hydrogens (tertiary/aromatic N) is 1. The minimum absolute atomic E-state index is 0.153. The zero-order valence-electron chi connectivity index (χ0n) is 9.97. The lowest BCUT2D eigenvalue weighted by molar-refractivity contribution is -0.145. The molecule has 0 bridgehead atoms. The van der Waals surface area contributed by atoms with E-state index in [4.69, 9.17) is 4.74 Å². The van der Waals surface area contributed by atoms with E-state index in [1.165, 1.54) is 0 Å². The van der Waals surface area contributed by atoms with E-state index >= 15 is 0 Å². The second-order valence-corrected chi connectivity index (χ2v) is 5.45. The van der Waals surface area contributed by atoms with Crippen LogP contribution in [0, 0.1) is 5.92 Å².